The number of carbonyl (C=O) groups excluding carboxylic acids is 2. The van der Waals surface area contributed by atoms with Crippen LogP contribution >= 0.6 is 0 Å². The summed E-state index contributed by atoms with van der Waals surface area (Å²) in [7, 11) is -2.38. The van der Waals surface area contributed by atoms with Crippen LogP contribution in [-0.2, 0) is 30.8 Å². The second kappa shape index (κ2) is 14.4. The minimum Gasteiger partial charge on any atom is -0.481 e. The van der Waals surface area contributed by atoms with Gasteiger partial charge in [-0.1, -0.05) is 83.0 Å². The monoisotopic (exact) mass is 573 g/mol. The van der Waals surface area contributed by atoms with E-state index in [1.807, 2.05) is 39.8 Å². The lowest BCUT2D eigenvalue weighted by Crippen LogP contribution is -2.54. The van der Waals surface area contributed by atoms with Crippen molar-refractivity contribution in [2.24, 2.45) is 22.4 Å². The number of hydrogen-bond donors (Lipinski definition) is 4. The summed E-state index contributed by atoms with van der Waals surface area (Å²) in [5.74, 6) is -2.86. The van der Waals surface area contributed by atoms with Gasteiger partial charge in [0.05, 0.1) is 10.8 Å². The van der Waals surface area contributed by atoms with Gasteiger partial charge in [0.1, 0.15) is 6.04 Å². The van der Waals surface area contributed by atoms with Crippen LogP contribution in [0.2, 0.25) is 0 Å². The Morgan fingerprint density at radius 2 is 1.57 bits per heavy atom. The lowest BCUT2D eigenvalue weighted by molar-refractivity contribution is -0.143. The van der Waals surface area contributed by atoms with Gasteiger partial charge in [-0.05, 0) is 48.3 Å². The van der Waals surface area contributed by atoms with Crippen LogP contribution in [0.25, 0.3) is 11.1 Å². The number of nitrogens with one attached hydrogen (secondary N) is 2. The third-order valence-corrected chi connectivity index (χ3v) is 8.07. The lowest BCUT2D eigenvalue weighted by Gasteiger charge is -2.31. The first-order valence-corrected chi connectivity index (χ1v) is 15.2. The number of unbranched alkanes of at least 4 members (excludes halogenated alkanes) is 1. The first kappa shape index (κ1) is 33.0. The van der Waals surface area contributed by atoms with Crippen molar-refractivity contribution in [3.8, 4) is 11.1 Å². The number of benzene rings is 2. The molecule has 0 radical (unpaired) electrons. The van der Waals surface area contributed by atoms with E-state index < -0.39 is 39.3 Å². The molecule has 0 spiro atoms. The van der Waals surface area contributed by atoms with E-state index in [1.54, 1.807) is 30.3 Å². The molecule has 2 aromatic carbocycles. The maximum Gasteiger partial charge on any atom is 0.306 e. The highest BCUT2D eigenvalue weighted by Gasteiger charge is 2.35. The smallest absolute Gasteiger partial charge is 0.306 e. The Kier molecular flexibility index (Phi) is 11.9. The average molecular weight is 574 g/mol. The van der Waals surface area contributed by atoms with Crippen LogP contribution in [0.3, 0.4) is 0 Å². The van der Waals surface area contributed by atoms with Gasteiger partial charge in [0.2, 0.25) is 21.8 Å². The third-order valence-electron chi connectivity index (χ3n) is 7.10. The molecule has 0 bridgehead atoms. The molecule has 0 saturated heterocycles. The summed E-state index contributed by atoms with van der Waals surface area (Å²) in [5.41, 5.74) is 1.55. The molecule has 2 aromatic rings. The van der Waals surface area contributed by atoms with Crippen LogP contribution in [0.1, 0.15) is 65.4 Å². The maximum absolute atomic E-state index is 13.5. The fraction of sp³-hybridized carbons (Fsp3) is 0.500. The van der Waals surface area contributed by atoms with Crippen molar-refractivity contribution in [2.45, 2.75) is 77.2 Å². The van der Waals surface area contributed by atoms with E-state index in [1.165, 1.54) is 13.1 Å². The zero-order chi connectivity index (χ0) is 30.1. The van der Waals surface area contributed by atoms with E-state index in [-0.39, 0.29) is 23.1 Å². The van der Waals surface area contributed by atoms with Crippen LogP contribution < -0.4 is 15.8 Å². The van der Waals surface area contributed by atoms with E-state index in [2.05, 4.69) is 10.6 Å². The topological polar surface area (TPSA) is 156 Å². The summed E-state index contributed by atoms with van der Waals surface area (Å²) in [6.45, 7) is 7.57. The van der Waals surface area contributed by atoms with Gasteiger partial charge >= 0.3 is 5.97 Å². The summed E-state index contributed by atoms with van der Waals surface area (Å²) >= 11 is 0. The number of nitrogens with two attached hydrogens (primary N) is 1. The van der Waals surface area contributed by atoms with Crippen molar-refractivity contribution in [3.63, 3.8) is 0 Å². The summed E-state index contributed by atoms with van der Waals surface area (Å²) in [4.78, 5) is 38.1. The lowest BCUT2D eigenvalue weighted by atomic mass is 9.83. The summed E-state index contributed by atoms with van der Waals surface area (Å²) in [6, 6.07) is 13.1. The van der Waals surface area contributed by atoms with Crippen LogP contribution in [0.15, 0.2) is 53.4 Å². The molecule has 2 amide bonds. The van der Waals surface area contributed by atoms with Crippen molar-refractivity contribution >= 4 is 27.8 Å². The number of carbonyl (C=O) groups is 3. The molecule has 3 atom stereocenters. The number of rotatable bonds is 14. The van der Waals surface area contributed by atoms with Crippen LogP contribution in [0, 0.1) is 17.3 Å². The number of primary sulfonamides is 1. The molecule has 0 aliphatic carbocycles. The van der Waals surface area contributed by atoms with Crippen LogP contribution in [-0.4, -0.2) is 44.4 Å². The maximum atomic E-state index is 13.5. The van der Waals surface area contributed by atoms with Gasteiger partial charge in [0.25, 0.3) is 0 Å². The van der Waals surface area contributed by atoms with Gasteiger partial charge in [0, 0.05) is 18.5 Å². The van der Waals surface area contributed by atoms with Gasteiger partial charge in [0.15, 0.2) is 0 Å². The van der Waals surface area contributed by atoms with Gasteiger partial charge in [-0.15, -0.1) is 0 Å². The van der Waals surface area contributed by atoms with Crippen LogP contribution in [0.4, 0.5) is 0 Å². The Bertz CT molecular complexity index is 1270. The molecule has 0 aliphatic rings. The van der Waals surface area contributed by atoms with Crippen molar-refractivity contribution in [3.05, 3.63) is 54.1 Å². The SMILES string of the molecule is CCCC[C@@H](C[C@@H](CCc1ccc(-c2ccccc2S(N)(=O)=O)cc1)C(=O)N[C@H](C(=O)NC)C(C)(C)C)C(=O)O. The van der Waals surface area contributed by atoms with E-state index >= 15 is 0 Å². The predicted molar refractivity (Wildman–Crippen MR) is 156 cm³/mol. The third kappa shape index (κ3) is 9.45. The molecular formula is C30H43N3O6S. The van der Waals surface area contributed by atoms with E-state index in [0.717, 1.165) is 18.4 Å². The molecule has 0 aliphatic heterocycles. The molecule has 220 valence electrons. The highest BCUT2D eigenvalue weighted by atomic mass is 32.2. The number of aryl methyl sites for hydroxylation is 1. The Morgan fingerprint density at radius 1 is 0.950 bits per heavy atom. The molecule has 2 rings (SSSR count). The first-order chi connectivity index (χ1) is 18.7. The molecule has 10 heteroatoms. The molecule has 5 N–H and O–H groups in total. The number of aliphatic carboxylic acids is 1. The minimum absolute atomic E-state index is 0.0378. The Balaban J connectivity index is 2.29. The second-order valence-corrected chi connectivity index (χ2v) is 12.8. The molecule has 0 heterocycles. The standard InChI is InChI=1S/C30H43N3O6S/c1-6-7-10-23(29(36)37)19-22(27(34)33-26(28(35)32-5)30(2,3)4)18-15-20-13-16-21(17-14-20)24-11-8-9-12-25(24)40(31,38)39/h8-9,11-14,16-17,22-23,26H,6-7,10,15,18-19H2,1-5H3,(H,32,35)(H,33,34)(H,36,37)(H2,31,38,39)/t22-,23+,26-/m1/s1. The number of amides is 2. The molecule has 0 unspecified atom stereocenters. The van der Waals surface area contributed by atoms with Crippen molar-refractivity contribution in [2.75, 3.05) is 7.05 Å². The van der Waals surface area contributed by atoms with E-state index in [4.69, 9.17) is 5.14 Å². The van der Waals surface area contributed by atoms with Crippen molar-refractivity contribution in [1.82, 2.24) is 10.6 Å². The van der Waals surface area contributed by atoms with Gasteiger partial charge in [-0.2, -0.15) is 0 Å². The van der Waals surface area contributed by atoms with Gasteiger partial charge in [-0.3, -0.25) is 14.4 Å². The highest BCUT2D eigenvalue weighted by Crippen LogP contribution is 2.29. The highest BCUT2D eigenvalue weighted by molar-refractivity contribution is 7.89. The Morgan fingerprint density at radius 3 is 2.10 bits per heavy atom. The molecule has 40 heavy (non-hydrogen) atoms. The van der Waals surface area contributed by atoms with Crippen LogP contribution in [0.5, 0.6) is 0 Å². The number of carboxylic acid groups (broad SMARTS) is 1. The Labute approximate surface area is 238 Å². The fourth-order valence-electron chi connectivity index (χ4n) is 4.72. The first-order valence-electron chi connectivity index (χ1n) is 13.6. The average Bonchev–Trinajstić information content (AvgIpc) is 2.89. The number of likely N-dealkylation sites (N-methyl/N-ethyl adjacent to an activating group) is 1. The largest absolute Gasteiger partial charge is 0.481 e. The summed E-state index contributed by atoms with van der Waals surface area (Å²) < 4.78 is 24.0. The van der Waals surface area contributed by atoms with E-state index in [9.17, 15) is 27.9 Å². The zero-order valence-electron chi connectivity index (χ0n) is 24.1. The molecule has 9 nitrogen and oxygen atoms in total. The number of carboxylic acids is 1. The minimum atomic E-state index is -3.90. The fourth-order valence-corrected chi connectivity index (χ4v) is 5.48. The van der Waals surface area contributed by atoms with E-state index in [0.29, 0.717) is 30.4 Å². The van der Waals surface area contributed by atoms with Gasteiger partial charge < -0.3 is 15.7 Å². The molecule has 0 fully saturated rings. The quantitative estimate of drug-likeness (QED) is 0.267. The molecule has 0 saturated carbocycles. The second-order valence-electron chi connectivity index (χ2n) is 11.3. The number of sulfonamides is 1. The van der Waals surface area contributed by atoms with Gasteiger partial charge in [-0.25, -0.2) is 13.6 Å². The number of hydrogen-bond acceptors (Lipinski definition) is 5. The predicted octanol–water partition coefficient (Wildman–Crippen LogP) is 4.11. The summed E-state index contributed by atoms with van der Waals surface area (Å²) in [6.07, 6.45) is 3.13. The van der Waals surface area contributed by atoms with Crippen molar-refractivity contribution in [1.29, 1.82) is 0 Å². The zero-order valence-corrected chi connectivity index (χ0v) is 24.9. The molecular weight excluding hydrogens is 530 g/mol. The van der Waals surface area contributed by atoms with Crippen molar-refractivity contribution < 1.29 is 27.9 Å². The molecule has 0 aromatic heterocycles. The Hall–Kier alpha value is -3.24. The normalized spacial score (nSPS) is 14.2. The summed E-state index contributed by atoms with van der Waals surface area (Å²) in [5, 5.41) is 20.7.